The van der Waals surface area contributed by atoms with E-state index in [1.807, 2.05) is 41.1 Å². The van der Waals surface area contributed by atoms with Crippen LogP contribution < -0.4 is 11.1 Å². The number of amides is 2. The summed E-state index contributed by atoms with van der Waals surface area (Å²) in [4.78, 5) is 27.6. The van der Waals surface area contributed by atoms with Gasteiger partial charge in [0.2, 0.25) is 5.91 Å². The maximum absolute atomic E-state index is 11.8. The van der Waals surface area contributed by atoms with Crippen LogP contribution in [0, 0.1) is 6.92 Å². The van der Waals surface area contributed by atoms with Crippen molar-refractivity contribution in [1.29, 1.82) is 0 Å². The molecule has 27 heavy (non-hydrogen) atoms. The first-order chi connectivity index (χ1) is 12.9. The highest BCUT2D eigenvalue weighted by Gasteiger charge is 2.19. The number of nitrogens with zero attached hydrogens (tertiary/aromatic N) is 2. The molecule has 0 bridgehead atoms. The number of benzene rings is 1. The number of carbonyl (C=O) groups is 2. The molecule has 2 heterocycles. The van der Waals surface area contributed by atoms with Gasteiger partial charge < -0.3 is 15.6 Å². The number of thiazole rings is 1. The van der Waals surface area contributed by atoms with Gasteiger partial charge in [-0.2, -0.15) is 0 Å². The first-order valence-electron chi connectivity index (χ1n) is 8.33. The number of primary amides is 1. The number of halogens is 1. The molecular weight excluding hydrogens is 384 g/mol. The molecule has 0 saturated carbocycles. The fourth-order valence-electron chi connectivity index (χ4n) is 2.89. The molecule has 0 aliphatic heterocycles. The van der Waals surface area contributed by atoms with E-state index in [4.69, 9.17) is 22.3 Å². The van der Waals surface area contributed by atoms with E-state index < -0.39 is 5.91 Å². The highest BCUT2D eigenvalue weighted by Crippen LogP contribution is 2.34. The van der Waals surface area contributed by atoms with Crippen molar-refractivity contribution in [3.63, 3.8) is 0 Å². The zero-order valence-corrected chi connectivity index (χ0v) is 16.5. The molecular formula is C19H19ClN4O2S. The Balaban J connectivity index is 2.00. The Morgan fingerprint density at radius 1 is 1.33 bits per heavy atom. The predicted molar refractivity (Wildman–Crippen MR) is 108 cm³/mol. The van der Waals surface area contributed by atoms with Crippen LogP contribution >= 0.6 is 22.9 Å². The third-order valence-electron chi connectivity index (χ3n) is 4.21. The van der Waals surface area contributed by atoms with Crippen molar-refractivity contribution < 1.29 is 9.59 Å². The Bertz CT molecular complexity index is 1010. The van der Waals surface area contributed by atoms with E-state index in [9.17, 15) is 9.59 Å². The van der Waals surface area contributed by atoms with Crippen molar-refractivity contribution in [1.82, 2.24) is 14.9 Å². The Morgan fingerprint density at radius 3 is 2.74 bits per heavy atom. The van der Waals surface area contributed by atoms with Gasteiger partial charge in [-0.3, -0.25) is 9.59 Å². The lowest BCUT2D eigenvalue weighted by atomic mass is 10.2. The number of hydrogen-bond acceptors (Lipinski definition) is 4. The van der Waals surface area contributed by atoms with E-state index in [0.29, 0.717) is 23.7 Å². The molecule has 3 N–H and O–H groups in total. The van der Waals surface area contributed by atoms with Crippen molar-refractivity contribution in [2.24, 2.45) is 5.73 Å². The molecule has 1 aromatic carbocycles. The van der Waals surface area contributed by atoms with E-state index in [0.717, 1.165) is 27.7 Å². The molecule has 140 valence electrons. The smallest absolute Gasteiger partial charge is 0.250 e. The van der Waals surface area contributed by atoms with E-state index in [2.05, 4.69) is 5.32 Å². The minimum absolute atomic E-state index is 0.105. The van der Waals surface area contributed by atoms with Crippen LogP contribution in [0.4, 0.5) is 0 Å². The van der Waals surface area contributed by atoms with E-state index >= 15 is 0 Å². The summed E-state index contributed by atoms with van der Waals surface area (Å²) in [6.07, 6.45) is 0. The Labute approximate surface area is 166 Å². The van der Waals surface area contributed by atoms with Crippen molar-refractivity contribution in [3.8, 4) is 22.0 Å². The average molecular weight is 403 g/mol. The number of hydrogen-bond donors (Lipinski definition) is 2. The van der Waals surface area contributed by atoms with Gasteiger partial charge in [0.05, 0.1) is 22.0 Å². The fraction of sp³-hybridized carbons (Fsp3) is 0.211. The summed E-state index contributed by atoms with van der Waals surface area (Å²) in [7, 11) is 0. The van der Waals surface area contributed by atoms with Crippen LogP contribution in [0.1, 0.15) is 23.0 Å². The maximum atomic E-state index is 11.8. The van der Waals surface area contributed by atoms with Crippen molar-refractivity contribution >= 4 is 34.8 Å². The number of aromatic nitrogens is 2. The zero-order chi connectivity index (χ0) is 19.6. The second-order valence-electron chi connectivity index (χ2n) is 6.05. The number of nitrogens with two attached hydrogens (primary N) is 1. The van der Waals surface area contributed by atoms with Crippen molar-refractivity contribution in [3.05, 3.63) is 52.0 Å². The summed E-state index contributed by atoms with van der Waals surface area (Å²) >= 11 is 7.75. The van der Waals surface area contributed by atoms with E-state index in [-0.39, 0.29) is 5.91 Å². The molecule has 3 rings (SSSR count). The molecule has 0 aliphatic rings. The summed E-state index contributed by atoms with van der Waals surface area (Å²) in [6, 6.07) is 9.27. The number of rotatable bonds is 6. The normalized spacial score (nSPS) is 10.8. The molecule has 8 heteroatoms. The Morgan fingerprint density at radius 2 is 2.07 bits per heavy atom. The zero-order valence-electron chi connectivity index (χ0n) is 15.0. The number of carbonyl (C=O) groups excluding carboxylic acids is 2. The largest absolute Gasteiger partial charge is 0.366 e. The summed E-state index contributed by atoms with van der Waals surface area (Å²) < 4.78 is 1.95. The van der Waals surface area contributed by atoms with Crippen LogP contribution in [-0.4, -0.2) is 27.9 Å². The van der Waals surface area contributed by atoms with Gasteiger partial charge in [-0.05, 0) is 19.1 Å². The number of nitrogens with one attached hydrogen (secondary N) is 1. The summed E-state index contributed by atoms with van der Waals surface area (Å²) in [6.45, 7) is 4.25. The lowest BCUT2D eigenvalue weighted by Crippen LogP contribution is -2.25. The van der Waals surface area contributed by atoms with Gasteiger partial charge in [0.25, 0.3) is 5.91 Å². The standard InChI is InChI=1S/C19H19ClN4O2S/c1-11-14(18(21)26)9-17(24(11)8-7-22-12(2)25)16-10-27-19(23-16)13-5-3-4-6-15(13)20/h3-6,9-10H,7-8H2,1-2H3,(H2,21,26)(H,22,25). The van der Waals surface area contributed by atoms with Crippen molar-refractivity contribution in [2.45, 2.75) is 20.4 Å². The molecule has 0 radical (unpaired) electrons. The Kier molecular flexibility index (Phi) is 5.62. The minimum atomic E-state index is -0.492. The first-order valence-corrected chi connectivity index (χ1v) is 9.59. The van der Waals surface area contributed by atoms with E-state index in [1.165, 1.54) is 18.3 Å². The molecule has 0 saturated heterocycles. The molecule has 0 spiro atoms. The molecule has 0 atom stereocenters. The van der Waals surface area contributed by atoms with Gasteiger partial charge in [-0.25, -0.2) is 4.98 Å². The molecule has 0 unspecified atom stereocenters. The topological polar surface area (TPSA) is 90.0 Å². The summed E-state index contributed by atoms with van der Waals surface area (Å²) in [5.41, 5.74) is 9.07. The molecule has 6 nitrogen and oxygen atoms in total. The second kappa shape index (κ2) is 7.94. The second-order valence-corrected chi connectivity index (χ2v) is 7.31. The van der Waals surface area contributed by atoms with Crippen LogP contribution in [0.15, 0.2) is 35.7 Å². The highest BCUT2D eigenvalue weighted by molar-refractivity contribution is 7.13. The van der Waals surface area contributed by atoms with Crippen molar-refractivity contribution in [2.75, 3.05) is 6.54 Å². The summed E-state index contributed by atoms with van der Waals surface area (Å²) in [5.74, 6) is -0.597. The van der Waals surface area contributed by atoms with Crippen LogP contribution in [-0.2, 0) is 11.3 Å². The van der Waals surface area contributed by atoms with Gasteiger partial charge in [0.1, 0.15) is 5.01 Å². The molecule has 0 aliphatic carbocycles. The molecule has 3 aromatic rings. The first kappa shape index (κ1) is 19.1. The third-order valence-corrected chi connectivity index (χ3v) is 5.42. The van der Waals surface area contributed by atoms with Gasteiger partial charge in [0.15, 0.2) is 0 Å². The van der Waals surface area contributed by atoms with Crippen LogP contribution in [0.2, 0.25) is 5.02 Å². The van der Waals surface area contributed by atoms with Gasteiger partial charge in [-0.15, -0.1) is 11.3 Å². The van der Waals surface area contributed by atoms with Gasteiger partial charge in [0, 0.05) is 36.7 Å². The minimum Gasteiger partial charge on any atom is -0.366 e. The van der Waals surface area contributed by atoms with Gasteiger partial charge in [-0.1, -0.05) is 29.8 Å². The van der Waals surface area contributed by atoms with Crippen LogP contribution in [0.5, 0.6) is 0 Å². The lowest BCUT2D eigenvalue weighted by molar-refractivity contribution is -0.118. The Hall–Kier alpha value is -2.64. The van der Waals surface area contributed by atoms with Gasteiger partial charge >= 0.3 is 0 Å². The monoisotopic (exact) mass is 402 g/mol. The summed E-state index contributed by atoms with van der Waals surface area (Å²) in [5, 5.41) is 6.12. The lowest BCUT2D eigenvalue weighted by Gasteiger charge is -2.11. The maximum Gasteiger partial charge on any atom is 0.250 e. The fourth-order valence-corrected chi connectivity index (χ4v) is 4.02. The van der Waals surface area contributed by atoms with Crippen LogP contribution in [0.3, 0.4) is 0 Å². The molecule has 2 aromatic heterocycles. The predicted octanol–water partition coefficient (Wildman–Crippen LogP) is 3.48. The quantitative estimate of drug-likeness (QED) is 0.661. The molecule has 2 amide bonds. The highest BCUT2D eigenvalue weighted by atomic mass is 35.5. The average Bonchev–Trinajstić information content (AvgIpc) is 3.20. The third kappa shape index (κ3) is 4.04. The SMILES string of the molecule is CC(=O)NCCn1c(-c2csc(-c3ccccc3Cl)n2)cc(C(N)=O)c1C. The van der Waals surface area contributed by atoms with Crippen LogP contribution in [0.25, 0.3) is 22.0 Å². The van der Waals surface area contributed by atoms with E-state index in [1.54, 1.807) is 6.07 Å². The molecule has 0 fully saturated rings.